The molecule has 1 aromatic rings. The second-order valence-corrected chi connectivity index (χ2v) is 6.83. The zero-order chi connectivity index (χ0) is 14.7. The van der Waals surface area contributed by atoms with Crippen molar-refractivity contribution in [2.24, 2.45) is 5.92 Å². The monoisotopic (exact) mass is 288 g/mol. The standard InChI is InChI=1S/C18H28N2O/c1-20-12-16(15-6-8-18(21-2)9-7-15)10-17(13-20)19-11-14-4-3-5-14/h6-9,14,16-17,19H,3-5,10-13H2,1-2H3. The molecule has 0 spiro atoms. The highest BCUT2D eigenvalue weighted by molar-refractivity contribution is 5.30. The van der Waals surface area contributed by atoms with Gasteiger partial charge in [0.25, 0.3) is 0 Å². The van der Waals surface area contributed by atoms with Crippen LogP contribution in [0.15, 0.2) is 24.3 Å². The first kappa shape index (κ1) is 14.9. The third-order valence-electron chi connectivity index (χ3n) is 5.14. The summed E-state index contributed by atoms with van der Waals surface area (Å²) in [6.07, 6.45) is 5.55. The molecule has 0 aromatic heterocycles. The lowest BCUT2D eigenvalue weighted by atomic mass is 9.84. The molecule has 0 radical (unpaired) electrons. The molecule has 2 fully saturated rings. The summed E-state index contributed by atoms with van der Waals surface area (Å²) in [6.45, 7) is 3.56. The number of ether oxygens (including phenoxy) is 1. The van der Waals surface area contributed by atoms with Gasteiger partial charge < -0.3 is 15.0 Å². The van der Waals surface area contributed by atoms with Gasteiger partial charge in [-0.25, -0.2) is 0 Å². The lowest BCUT2D eigenvalue weighted by molar-refractivity contribution is 0.190. The van der Waals surface area contributed by atoms with Gasteiger partial charge in [-0.15, -0.1) is 0 Å². The molecule has 1 saturated carbocycles. The molecule has 21 heavy (non-hydrogen) atoms. The molecule has 3 heteroatoms. The third-order valence-corrected chi connectivity index (χ3v) is 5.14. The molecule has 3 rings (SSSR count). The van der Waals surface area contributed by atoms with Gasteiger partial charge in [-0.05, 0) is 62.4 Å². The number of rotatable bonds is 5. The maximum Gasteiger partial charge on any atom is 0.118 e. The minimum Gasteiger partial charge on any atom is -0.497 e. The predicted octanol–water partition coefficient (Wildman–Crippen LogP) is 2.87. The second-order valence-electron chi connectivity index (χ2n) is 6.83. The minimum absolute atomic E-state index is 0.633. The predicted molar refractivity (Wildman–Crippen MR) is 87.0 cm³/mol. The molecule has 2 unspecified atom stereocenters. The Morgan fingerprint density at radius 1 is 1.19 bits per heavy atom. The van der Waals surface area contributed by atoms with Crippen molar-refractivity contribution in [1.29, 1.82) is 0 Å². The molecular weight excluding hydrogens is 260 g/mol. The molecule has 2 aliphatic rings. The van der Waals surface area contributed by atoms with Gasteiger partial charge >= 0.3 is 0 Å². The fourth-order valence-corrected chi connectivity index (χ4v) is 3.62. The smallest absolute Gasteiger partial charge is 0.118 e. The van der Waals surface area contributed by atoms with Gasteiger partial charge in [0.05, 0.1) is 7.11 Å². The molecule has 0 amide bonds. The number of hydrogen-bond acceptors (Lipinski definition) is 3. The van der Waals surface area contributed by atoms with Crippen LogP contribution in [0.3, 0.4) is 0 Å². The fourth-order valence-electron chi connectivity index (χ4n) is 3.62. The van der Waals surface area contributed by atoms with E-state index in [1.807, 2.05) is 0 Å². The SMILES string of the molecule is COc1ccc(C2CC(NCC3CCC3)CN(C)C2)cc1. The number of likely N-dealkylation sites (tertiary alicyclic amines) is 1. The Bertz CT molecular complexity index is 441. The summed E-state index contributed by atoms with van der Waals surface area (Å²) < 4.78 is 5.26. The highest BCUT2D eigenvalue weighted by Gasteiger charge is 2.27. The fraction of sp³-hybridized carbons (Fsp3) is 0.667. The molecule has 1 aromatic carbocycles. The van der Waals surface area contributed by atoms with Gasteiger partial charge in [0.15, 0.2) is 0 Å². The molecule has 116 valence electrons. The summed E-state index contributed by atoms with van der Waals surface area (Å²) in [5, 5.41) is 3.81. The van der Waals surface area contributed by atoms with E-state index in [9.17, 15) is 0 Å². The van der Waals surface area contributed by atoms with Crippen LogP contribution in [-0.2, 0) is 0 Å². The van der Waals surface area contributed by atoms with Crippen LogP contribution in [0.5, 0.6) is 5.75 Å². The molecule has 3 nitrogen and oxygen atoms in total. The zero-order valence-electron chi connectivity index (χ0n) is 13.3. The molecular formula is C18H28N2O. The molecule has 1 N–H and O–H groups in total. The van der Waals surface area contributed by atoms with Crippen molar-refractivity contribution in [2.75, 3.05) is 33.8 Å². The Balaban J connectivity index is 1.58. The van der Waals surface area contributed by atoms with E-state index in [1.54, 1.807) is 7.11 Å². The van der Waals surface area contributed by atoms with Crippen LogP contribution in [0.25, 0.3) is 0 Å². The van der Waals surface area contributed by atoms with Crippen LogP contribution >= 0.6 is 0 Å². The van der Waals surface area contributed by atoms with E-state index >= 15 is 0 Å². The molecule has 1 aliphatic heterocycles. The molecule has 1 saturated heterocycles. The minimum atomic E-state index is 0.633. The van der Waals surface area contributed by atoms with Gasteiger partial charge in [0.2, 0.25) is 0 Å². The summed E-state index contributed by atoms with van der Waals surface area (Å²) in [5.41, 5.74) is 1.44. The average Bonchev–Trinajstić information content (AvgIpc) is 2.45. The van der Waals surface area contributed by atoms with Gasteiger partial charge in [0.1, 0.15) is 5.75 Å². The van der Waals surface area contributed by atoms with Crippen LogP contribution in [0.4, 0.5) is 0 Å². The van der Waals surface area contributed by atoms with E-state index in [-0.39, 0.29) is 0 Å². The molecule has 2 atom stereocenters. The largest absolute Gasteiger partial charge is 0.497 e. The highest BCUT2D eigenvalue weighted by atomic mass is 16.5. The van der Waals surface area contributed by atoms with E-state index in [0.29, 0.717) is 12.0 Å². The van der Waals surface area contributed by atoms with E-state index in [0.717, 1.165) is 18.2 Å². The summed E-state index contributed by atoms with van der Waals surface area (Å²) in [5.74, 6) is 2.52. The summed E-state index contributed by atoms with van der Waals surface area (Å²) in [7, 11) is 3.97. The Labute approximate surface area is 128 Å². The van der Waals surface area contributed by atoms with Crippen LogP contribution < -0.4 is 10.1 Å². The van der Waals surface area contributed by atoms with Crippen molar-refractivity contribution in [3.8, 4) is 5.75 Å². The Morgan fingerprint density at radius 2 is 1.95 bits per heavy atom. The number of nitrogens with one attached hydrogen (secondary N) is 1. The van der Waals surface area contributed by atoms with Gasteiger partial charge in [-0.2, -0.15) is 0 Å². The number of likely N-dealkylation sites (N-methyl/N-ethyl adjacent to an activating group) is 1. The second kappa shape index (κ2) is 6.80. The normalized spacial score (nSPS) is 27.3. The number of nitrogens with zero attached hydrogens (tertiary/aromatic N) is 1. The van der Waals surface area contributed by atoms with Gasteiger partial charge in [0, 0.05) is 19.1 Å². The van der Waals surface area contributed by atoms with Gasteiger partial charge in [-0.1, -0.05) is 18.6 Å². The van der Waals surface area contributed by atoms with E-state index in [4.69, 9.17) is 4.74 Å². The van der Waals surface area contributed by atoms with E-state index in [1.165, 1.54) is 44.3 Å². The van der Waals surface area contributed by atoms with Crippen LogP contribution in [-0.4, -0.2) is 44.7 Å². The molecule has 1 heterocycles. The molecule has 0 bridgehead atoms. The van der Waals surface area contributed by atoms with E-state index in [2.05, 4.69) is 41.5 Å². The Morgan fingerprint density at radius 3 is 2.57 bits per heavy atom. The van der Waals surface area contributed by atoms with Crippen molar-refractivity contribution < 1.29 is 4.74 Å². The lowest BCUT2D eigenvalue weighted by Crippen LogP contribution is -2.48. The summed E-state index contributed by atoms with van der Waals surface area (Å²) >= 11 is 0. The van der Waals surface area contributed by atoms with Crippen LogP contribution in [0.2, 0.25) is 0 Å². The third kappa shape index (κ3) is 3.78. The maximum atomic E-state index is 5.26. The first-order valence-corrected chi connectivity index (χ1v) is 8.30. The lowest BCUT2D eigenvalue weighted by Gasteiger charge is -2.38. The number of methoxy groups -OCH3 is 1. The van der Waals surface area contributed by atoms with Crippen molar-refractivity contribution in [3.63, 3.8) is 0 Å². The first-order chi connectivity index (χ1) is 10.2. The topological polar surface area (TPSA) is 24.5 Å². The number of hydrogen-bond donors (Lipinski definition) is 1. The Kier molecular flexibility index (Phi) is 4.81. The van der Waals surface area contributed by atoms with Crippen LogP contribution in [0.1, 0.15) is 37.2 Å². The summed E-state index contributed by atoms with van der Waals surface area (Å²) in [6, 6.07) is 9.26. The Hall–Kier alpha value is -1.06. The van der Waals surface area contributed by atoms with Crippen molar-refractivity contribution in [3.05, 3.63) is 29.8 Å². The maximum absolute atomic E-state index is 5.26. The number of piperidine rings is 1. The summed E-state index contributed by atoms with van der Waals surface area (Å²) in [4.78, 5) is 2.47. The zero-order valence-corrected chi connectivity index (χ0v) is 13.3. The average molecular weight is 288 g/mol. The number of benzene rings is 1. The van der Waals surface area contributed by atoms with Crippen molar-refractivity contribution >= 4 is 0 Å². The quantitative estimate of drug-likeness (QED) is 0.901. The molecule has 1 aliphatic carbocycles. The van der Waals surface area contributed by atoms with Crippen LogP contribution in [0, 0.1) is 5.92 Å². The van der Waals surface area contributed by atoms with Crippen molar-refractivity contribution in [2.45, 2.75) is 37.6 Å². The first-order valence-electron chi connectivity index (χ1n) is 8.30. The highest BCUT2D eigenvalue weighted by Crippen LogP contribution is 2.29. The van der Waals surface area contributed by atoms with Gasteiger partial charge in [-0.3, -0.25) is 0 Å². The van der Waals surface area contributed by atoms with Crippen molar-refractivity contribution in [1.82, 2.24) is 10.2 Å². The van der Waals surface area contributed by atoms with E-state index < -0.39 is 0 Å².